The van der Waals surface area contributed by atoms with Gasteiger partial charge in [0.05, 0.1) is 9.80 Å². The molecule has 0 aliphatic heterocycles. The van der Waals surface area contributed by atoms with Crippen molar-refractivity contribution in [2.45, 2.75) is 11.1 Å². The molecule has 0 fully saturated rings. The first-order chi connectivity index (χ1) is 13.8. The Morgan fingerprint density at radius 2 is 1.21 bits per heavy atom. The topological polar surface area (TPSA) is 34.1 Å². The summed E-state index contributed by atoms with van der Waals surface area (Å²) >= 11 is 0. The standard InChI is InChI=1S/C23H15F3O2S/c24-23(25,26)21(17-16-18-10-4-1-5-11-18)22(19-12-6-2-7-13-19)29(27,28)20-14-8-3-9-15-20/h1-15H/b22-21-. The predicted octanol–water partition coefficient (Wildman–Crippen LogP) is 5.49. The van der Waals surface area contributed by atoms with E-state index in [1.54, 1.807) is 42.5 Å². The summed E-state index contributed by atoms with van der Waals surface area (Å²) in [4.78, 5) is -1.10. The van der Waals surface area contributed by atoms with Crippen LogP contribution < -0.4 is 0 Å². The van der Waals surface area contributed by atoms with Crippen LogP contribution in [0.2, 0.25) is 0 Å². The van der Waals surface area contributed by atoms with E-state index < -0.39 is 26.5 Å². The molecular weight excluding hydrogens is 397 g/mol. The van der Waals surface area contributed by atoms with E-state index in [4.69, 9.17) is 0 Å². The van der Waals surface area contributed by atoms with Crippen molar-refractivity contribution in [1.82, 2.24) is 0 Å². The minimum atomic E-state index is -4.96. The third kappa shape index (κ3) is 4.76. The number of allylic oxidation sites excluding steroid dienone is 1. The largest absolute Gasteiger partial charge is 0.425 e. The molecule has 0 N–H and O–H groups in total. The molecule has 29 heavy (non-hydrogen) atoms. The minimum Gasteiger partial charge on any atom is -0.218 e. The fourth-order valence-electron chi connectivity index (χ4n) is 2.65. The number of alkyl halides is 3. The number of hydrogen-bond acceptors (Lipinski definition) is 2. The molecule has 3 rings (SSSR count). The van der Waals surface area contributed by atoms with Crippen LogP contribution in [-0.4, -0.2) is 14.6 Å². The van der Waals surface area contributed by atoms with Gasteiger partial charge in [0.15, 0.2) is 0 Å². The highest BCUT2D eigenvalue weighted by Crippen LogP contribution is 2.38. The second-order valence-corrected chi connectivity index (χ2v) is 7.89. The second-order valence-electron chi connectivity index (χ2n) is 6.00. The summed E-state index contributed by atoms with van der Waals surface area (Å²) in [5.41, 5.74) is -1.14. The van der Waals surface area contributed by atoms with Crippen molar-refractivity contribution in [2.24, 2.45) is 0 Å². The summed E-state index contributed by atoms with van der Waals surface area (Å²) in [5.74, 6) is 4.51. The number of rotatable bonds is 3. The smallest absolute Gasteiger partial charge is 0.218 e. The molecule has 0 unspecified atom stereocenters. The van der Waals surface area contributed by atoms with Crippen LogP contribution in [0.5, 0.6) is 0 Å². The van der Waals surface area contributed by atoms with Gasteiger partial charge in [-0.15, -0.1) is 0 Å². The van der Waals surface area contributed by atoms with Gasteiger partial charge in [-0.1, -0.05) is 78.6 Å². The number of sulfone groups is 1. The molecule has 3 aromatic carbocycles. The molecule has 3 aromatic rings. The van der Waals surface area contributed by atoms with Crippen molar-refractivity contribution < 1.29 is 21.6 Å². The quantitative estimate of drug-likeness (QED) is 0.534. The molecule has 0 heterocycles. The van der Waals surface area contributed by atoms with Gasteiger partial charge in [0.2, 0.25) is 9.84 Å². The molecule has 0 aliphatic rings. The molecular formula is C23H15F3O2S. The Bertz CT molecular complexity index is 1170. The van der Waals surface area contributed by atoms with Crippen LogP contribution in [0.3, 0.4) is 0 Å². The number of halogens is 3. The fraction of sp³-hybridized carbons (Fsp3) is 0.0435. The second kappa shape index (κ2) is 8.38. The summed E-state index contributed by atoms with van der Waals surface area (Å²) in [6.07, 6.45) is -4.96. The Morgan fingerprint density at radius 3 is 1.72 bits per heavy atom. The van der Waals surface area contributed by atoms with E-state index in [0.29, 0.717) is 5.56 Å². The van der Waals surface area contributed by atoms with Crippen molar-refractivity contribution in [1.29, 1.82) is 0 Å². The zero-order chi connectivity index (χ0) is 20.9. The molecule has 0 spiro atoms. The lowest BCUT2D eigenvalue weighted by molar-refractivity contribution is -0.0864. The lowest BCUT2D eigenvalue weighted by atomic mass is 10.1. The normalized spacial score (nSPS) is 12.5. The van der Waals surface area contributed by atoms with Gasteiger partial charge in [0, 0.05) is 5.56 Å². The van der Waals surface area contributed by atoms with Crippen LogP contribution in [0, 0.1) is 11.8 Å². The summed E-state index contributed by atoms with van der Waals surface area (Å²) in [6, 6.07) is 22.3. The first kappa shape index (κ1) is 20.4. The van der Waals surface area contributed by atoms with E-state index in [1.165, 1.54) is 48.5 Å². The number of benzene rings is 3. The Hall–Kier alpha value is -3.30. The maximum Gasteiger partial charge on any atom is 0.425 e. The van der Waals surface area contributed by atoms with E-state index in [2.05, 4.69) is 11.8 Å². The van der Waals surface area contributed by atoms with Gasteiger partial charge < -0.3 is 0 Å². The maximum absolute atomic E-state index is 14.0. The van der Waals surface area contributed by atoms with Crippen molar-refractivity contribution >= 4 is 14.7 Å². The fourth-order valence-corrected chi connectivity index (χ4v) is 4.29. The van der Waals surface area contributed by atoms with Gasteiger partial charge in [0.25, 0.3) is 0 Å². The maximum atomic E-state index is 14.0. The average Bonchev–Trinajstić information content (AvgIpc) is 2.72. The van der Waals surface area contributed by atoms with Crippen molar-refractivity contribution in [3.8, 4) is 11.8 Å². The van der Waals surface area contributed by atoms with E-state index in [1.807, 2.05) is 0 Å². The van der Waals surface area contributed by atoms with Crippen LogP contribution >= 0.6 is 0 Å². The van der Waals surface area contributed by atoms with E-state index >= 15 is 0 Å². The first-order valence-corrected chi connectivity index (χ1v) is 10.0. The zero-order valence-corrected chi connectivity index (χ0v) is 15.8. The van der Waals surface area contributed by atoms with Crippen molar-refractivity contribution in [3.05, 3.63) is 108 Å². The van der Waals surface area contributed by atoms with Crippen molar-refractivity contribution in [3.63, 3.8) is 0 Å². The van der Waals surface area contributed by atoms with Gasteiger partial charge >= 0.3 is 6.18 Å². The Morgan fingerprint density at radius 1 is 0.724 bits per heavy atom. The molecule has 0 atom stereocenters. The van der Waals surface area contributed by atoms with E-state index in [-0.39, 0.29) is 10.5 Å². The molecule has 0 saturated heterocycles. The van der Waals surface area contributed by atoms with Crippen LogP contribution in [0.4, 0.5) is 13.2 Å². The summed E-state index contributed by atoms with van der Waals surface area (Å²) in [6.45, 7) is 0. The lowest BCUT2D eigenvalue weighted by Gasteiger charge is -2.15. The predicted molar refractivity (Wildman–Crippen MR) is 106 cm³/mol. The molecule has 146 valence electrons. The molecule has 0 aliphatic carbocycles. The Balaban J connectivity index is 2.35. The van der Waals surface area contributed by atoms with Gasteiger partial charge in [-0.3, -0.25) is 0 Å². The van der Waals surface area contributed by atoms with Crippen LogP contribution in [0.15, 0.2) is 101 Å². The third-order valence-corrected chi connectivity index (χ3v) is 5.84. The SMILES string of the molecule is O=S(=O)(/C(=C(/C#Cc1ccccc1)C(F)(F)F)c1ccccc1)c1ccccc1. The van der Waals surface area contributed by atoms with Crippen molar-refractivity contribution in [2.75, 3.05) is 0 Å². The summed E-state index contributed by atoms with van der Waals surface area (Å²) < 4.78 is 68.4. The minimum absolute atomic E-state index is 0.0777. The first-order valence-electron chi connectivity index (χ1n) is 8.54. The molecule has 0 bridgehead atoms. The highest BCUT2D eigenvalue weighted by Gasteiger charge is 2.40. The third-order valence-electron chi connectivity index (χ3n) is 3.97. The molecule has 6 heteroatoms. The van der Waals surface area contributed by atoms with Gasteiger partial charge in [-0.25, -0.2) is 8.42 Å². The van der Waals surface area contributed by atoms with Gasteiger partial charge in [-0.2, -0.15) is 13.2 Å². The summed E-state index contributed by atoms with van der Waals surface area (Å²) in [5, 5.41) is 0. The monoisotopic (exact) mass is 412 g/mol. The zero-order valence-electron chi connectivity index (χ0n) is 15.0. The molecule has 0 saturated carbocycles. The Kier molecular flexibility index (Phi) is 5.90. The van der Waals surface area contributed by atoms with Gasteiger partial charge in [0.1, 0.15) is 5.57 Å². The lowest BCUT2D eigenvalue weighted by Crippen LogP contribution is -2.17. The highest BCUT2D eigenvalue weighted by molar-refractivity contribution is 8.00. The Labute approximate surface area is 167 Å². The summed E-state index contributed by atoms with van der Waals surface area (Å²) in [7, 11) is -4.48. The average molecular weight is 412 g/mol. The van der Waals surface area contributed by atoms with E-state index in [0.717, 1.165) is 0 Å². The molecule has 2 nitrogen and oxygen atoms in total. The van der Waals surface area contributed by atoms with Crippen LogP contribution in [0.1, 0.15) is 11.1 Å². The van der Waals surface area contributed by atoms with E-state index in [9.17, 15) is 21.6 Å². The molecule has 0 aromatic heterocycles. The molecule has 0 amide bonds. The van der Waals surface area contributed by atoms with Gasteiger partial charge in [-0.05, 0) is 29.8 Å². The highest BCUT2D eigenvalue weighted by atomic mass is 32.2. The van der Waals surface area contributed by atoms with Crippen LogP contribution in [0.25, 0.3) is 4.91 Å². The molecule has 0 radical (unpaired) electrons. The number of hydrogen-bond donors (Lipinski definition) is 0. The van der Waals surface area contributed by atoms with Crippen LogP contribution in [-0.2, 0) is 9.84 Å².